The highest BCUT2D eigenvalue weighted by molar-refractivity contribution is 5.84. The topological polar surface area (TPSA) is 49.2 Å². The summed E-state index contributed by atoms with van der Waals surface area (Å²) in [4.78, 5) is 15.7. The first kappa shape index (κ1) is 17.4. The summed E-state index contributed by atoms with van der Waals surface area (Å²) in [6.45, 7) is 8.96. The minimum absolute atomic E-state index is 0.344. The number of aromatic nitrogens is 4. The summed E-state index contributed by atoms with van der Waals surface area (Å²) in [5.41, 5.74) is 6.64. The molecule has 144 valence electrons. The van der Waals surface area contributed by atoms with Crippen LogP contribution in [0.2, 0.25) is 0 Å². The van der Waals surface area contributed by atoms with Gasteiger partial charge in [-0.2, -0.15) is 0 Å². The Kier molecular flexibility index (Phi) is 4.20. The van der Waals surface area contributed by atoms with Crippen molar-refractivity contribution in [1.29, 1.82) is 0 Å². The number of likely N-dealkylation sites (tertiary alicyclic amines) is 1. The average Bonchev–Trinajstić information content (AvgIpc) is 3.43. The van der Waals surface area contributed by atoms with Gasteiger partial charge in [0.05, 0.1) is 29.0 Å². The van der Waals surface area contributed by atoms with Crippen molar-refractivity contribution in [2.45, 2.75) is 39.7 Å². The molecule has 1 fully saturated rings. The molecule has 0 bridgehead atoms. The molecule has 2 unspecified atom stereocenters. The van der Waals surface area contributed by atoms with Gasteiger partial charge < -0.3 is 4.98 Å². The van der Waals surface area contributed by atoms with E-state index in [0.717, 1.165) is 59.7 Å². The van der Waals surface area contributed by atoms with Crippen LogP contribution in [0.5, 0.6) is 0 Å². The normalized spacial score (nSPS) is 20.5. The molecule has 5 rings (SSSR count). The van der Waals surface area contributed by atoms with Crippen molar-refractivity contribution >= 4 is 16.7 Å². The van der Waals surface area contributed by atoms with Gasteiger partial charge in [0.2, 0.25) is 0 Å². The van der Waals surface area contributed by atoms with Gasteiger partial charge in [0, 0.05) is 18.3 Å². The molecule has 0 spiro atoms. The van der Waals surface area contributed by atoms with Crippen molar-refractivity contribution in [1.82, 2.24) is 24.3 Å². The lowest BCUT2D eigenvalue weighted by molar-refractivity contribution is 0.259. The van der Waals surface area contributed by atoms with Crippen LogP contribution in [0.4, 0.5) is 0 Å². The first-order valence-corrected chi connectivity index (χ1v) is 10.4. The molecule has 5 heteroatoms. The van der Waals surface area contributed by atoms with E-state index in [1.807, 2.05) is 12.4 Å². The fraction of sp³-hybridized carbons (Fsp3) is 0.391. The molecular formula is C23H27N5. The van der Waals surface area contributed by atoms with E-state index >= 15 is 0 Å². The first-order chi connectivity index (χ1) is 13.7. The summed E-state index contributed by atoms with van der Waals surface area (Å²) in [6.07, 6.45) is 6.13. The van der Waals surface area contributed by atoms with E-state index < -0.39 is 0 Å². The molecule has 2 atom stereocenters. The Hall–Kier alpha value is -2.66. The minimum Gasteiger partial charge on any atom is -0.345 e. The third-order valence-electron chi connectivity index (χ3n) is 6.15. The third-order valence-corrected chi connectivity index (χ3v) is 6.15. The molecule has 1 saturated heterocycles. The summed E-state index contributed by atoms with van der Waals surface area (Å²) in [7, 11) is 0. The molecule has 4 aromatic rings. The molecule has 0 radical (unpaired) electrons. The molecule has 0 saturated carbocycles. The number of rotatable bonds is 4. The summed E-state index contributed by atoms with van der Waals surface area (Å²) in [6, 6.07) is 11.3. The second kappa shape index (κ2) is 6.74. The van der Waals surface area contributed by atoms with Crippen molar-refractivity contribution in [3.63, 3.8) is 0 Å². The largest absolute Gasteiger partial charge is 0.345 e. The Labute approximate surface area is 165 Å². The van der Waals surface area contributed by atoms with Crippen molar-refractivity contribution in [2.75, 3.05) is 13.1 Å². The van der Waals surface area contributed by atoms with Gasteiger partial charge in [0.25, 0.3) is 0 Å². The SMILES string of the molecule is CCc1ccc(-c2nc(C3CC(C)CN3CC)n3c2cnc2[nH]ccc23)cc1. The van der Waals surface area contributed by atoms with Crippen molar-refractivity contribution in [2.24, 2.45) is 5.92 Å². The highest BCUT2D eigenvalue weighted by atomic mass is 15.2. The van der Waals surface area contributed by atoms with Gasteiger partial charge in [0.1, 0.15) is 5.82 Å². The van der Waals surface area contributed by atoms with E-state index in [9.17, 15) is 0 Å². The number of imidazole rings is 1. The van der Waals surface area contributed by atoms with Crippen LogP contribution >= 0.6 is 0 Å². The van der Waals surface area contributed by atoms with E-state index in [1.54, 1.807) is 0 Å². The van der Waals surface area contributed by atoms with E-state index in [2.05, 4.69) is 70.4 Å². The lowest BCUT2D eigenvalue weighted by Crippen LogP contribution is -2.24. The number of fused-ring (bicyclic) bond motifs is 3. The van der Waals surface area contributed by atoms with E-state index in [4.69, 9.17) is 4.98 Å². The fourth-order valence-corrected chi connectivity index (χ4v) is 4.67. The zero-order chi connectivity index (χ0) is 19.3. The Morgan fingerprint density at radius 2 is 1.93 bits per heavy atom. The van der Waals surface area contributed by atoms with Gasteiger partial charge in [-0.25, -0.2) is 9.97 Å². The Bertz CT molecular complexity index is 1120. The molecule has 0 amide bonds. The second-order valence-electron chi connectivity index (χ2n) is 8.00. The van der Waals surface area contributed by atoms with Crippen LogP contribution in [-0.2, 0) is 6.42 Å². The molecule has 3 aromatic heterocycles. The molecular weight excluding hydrogens is 346 g/mol. The Morgan fingerprint density at radius 3 is 2.68 bits per heavy atom. The van der Waals surface area contributed by atoms with Crippen LogP contribution in [0.1, 0.15) is 44.6 Å². The van der Waals surface area contributed by atoms with Crippen molar-refractivity contribution < 1.29 is 0 Å². The third kappa shape index (κ3) is 2.65. The number of aryl methyl sites for hydroxylation is 1. The predicted octanol–water partition coefficient (Wildman–Crippen LogP) is 4.84. The van der Waals surface area contributed by atoms with Crippen LogP contribution in [-0.4, -0.2) is 37.3 Å². The highest BCUT2D eigenvalue weighted by Gasteiger charge is 2.33. The van der Waals surface area contributed by atoms with Gasteiger partial charge in [0.15, 0.2) is 5.65 Å². The zero-order valence-corrected chi connectivity index (χ0v) is 16.8. The maximum Gasteiger partial charge on any atom is 0.154 e. The second-order valence-corrected chi connectivity index (χ2v) is 8.00. The number of nitrogens with zero attached hydrogens (tertiary/aromatic N) is 4. The molecule has 5 nitrogen and oxygen atoms in total. The number of nitrogens with one attached hydrogen (secondary N) is 1. The maximum absolute atomic E-state index is 5.23. The smallest absolute Gasteiger partial charge is 0.154 e. The van der Waals surface area contributed by atoms with Crippen LogP contribution < -0.4 is 0 Å². The molecule has 4 heterocycles. The standard InChI is InChI=1S/C23H27N5/c1-4-16-6-8-17(9-7-16)21-20-13-25-22-18(10-11-24-22)28(20)23(26-21)19-12-15(3)14-27(19)5-2/h6-11,13,15,19,24H,4-5,12,14H2,1-3H3. The summed E-state index contributed by atoms with van der Waals surface area (Å²) in [5, 5.41) is 0. The van der Waals surface area contributed by atoms with Gasteiger partial charge >= 0.3 is 0 Å². The minimum atomic E-state index is 0.344. The fourth-order valence-electron chi connectivity index (χ4n) is 4.67. The van der Waals surface area contributed by atoms with Crippen LogP contribution in [0.15, 0.2) is 42.7 Å². The van der Waals surface area contributed by atoms with Crippen molar-refractivity contribution in [3.8, 4) is 11.3 Å². The van der Waals surface area contributed by atoms with Crippen LogP contribution in [0.25, 0.3) is 27.9 Å². The van der Waals surface area contributed by atoms with Gasteiger partial charge in [-0.1, -0.05) is 45.0 Å². The molecule has 1 aliphatic rings. The van der Waals surface area contributed by atoms with E-state index in [0.29, 0.717) is 12.0 Å². The first-order valence-electron chi connectivity index (χ1n) is 10.4. The summed E-state index contributed by atoms with van der Waals surface area (Å²) < 4.78 is 2.33. The van der Waals surface area contributed by atoms with Crippen LogP contribution in [0, 0.1) is 5.92 Å². The van der Waals surface area contributed by atoms with E-state index in [1.165, 1.54) is 5.56 Å². The van der Waals surface area contributed by atoms with Gasteiger partial charge in [-0.15, -0.1) is 0 Å². The monoisotopic (exact) mass is 373 g/mol. The number of benzene rings is 1. The van der Waals surface area contributed by atoms with Gasteiger partial charge in [-0.05, 0) is 36.9 Å². The summed E-state index contributed by atoms with van der Waals surface area (Å²) in [5.74, 6) is 1.83. The highest BCUT2D eigenvalue weighted by Crippen LogP contribution is 2.38. The quantitative estimate of drug-likeness (QED) is 0.557. The Balaban J connectivity index is 1.75. The predicted molar refractivity (Wildman–Crippen MR) is 113 cm³/mol. The zero-order valence-electron chi connectivity index (χ0n) is 16.8. The molecule has 1 aliphatic heterocycles. The average molecular weight is 374 g/mol. The molecule has 0 aliphatic carbocycles. The number of hydrogen-bond acceptors (Lipinski definition) is 3. The Morgan fingerprint density at radius 1 is 1.11 bits per heavy atom. The number of hydrogen-bond donors (Lipinski definition) is 1. The molecule has 1 aromatic carbocycles. The maximum atomic E-state index is 5.23. The van der Waals surface area contributed by atoms with Crippen molar-refractivity contribution in [3.05, 3.63) is 54.1 Å². The van der Waals surface area contributed by atoms with Gasteiger partial charge in [-0.3, -0.25) is 9.30 Å². The lowest BCUT2D eigenvalue weighted by Gasteiger charge is -2.21. The van der Waals surface area contributed by atoms with Crippen LogP contribution in [0.3, 0.4) is 0 Å². The molecule has 1 N–H and O–H groups in total. The number of aromatic amines is 1. The lowest BCUT2D eigenvalue weighted by atomic mass is 10.1. The molecule has 28 heavy (non-hydrogen) atoms. The summed E-state index contributed by atoms with van der Waals surface area (Å²) >= 11 is 0. The number of H-pyrrole nitrogens is 1. The van der Waals surface area contributed by atoms with E-state index in [-0.39, 0.29) is 0 Å².